The highest BCUT2D eigenvalue weighted by Gasteiger charge is 2.13. The normalized spacial score (nSPS) is 10.7. The number of aliphatic carboxylic acids is 1. The number of halogens is 1. The summed E-state index contributed by atoms with van der Waals surface area (Å²) in [6.45, 7) is 0. The van der Waals surface area contributed by atoms with Crippen LogP contribution < -0.4 is 0 Å². The molecule has 2 rings (SSSR count). The Morgan fingerprint density at radius 3 is 3.00 bits per heavy atom. The Bertz CT molecular complexity index is 551. The molecule has 2 aromatic rings. The van der Waals surface area contributed by atoms with E-state index in [1.165, 1.54) is 4.68 Å². The molecule has 17 heavy (non-hydrogen) atoms. The van der Waals surface area contributed by atoms with Gasteiger partial charge >= 0.3 is 5.97 Å². The number of hydrogen-bond acceptors (Lipinski definition) is 5. The first kappa shape index (κ1) is 12.2. The van der Waals surface area contributed by atoms with E-state index >= 15 is 0 Å². The number of hydrogen-bond donors (Lipinski definition) is 1. The van der Waals surface area contributed by atoms with Crippen molar-refractivity contribution < 1.29 is 14.3 Å². The van der Waals surface area contributed by atoms with Gasteiger partial charge < -0.3 is 9.52 Å². The van der Waals surface area contributed by atoms with Crippen molar-refractivity contribution in [1.29, 1.82) is 0 Å². The first-order valence-corrected chi connectivity index (χ1v) is 6.35. The van der Waals surface area contributed by atoms with Crippen LogP contribution in [0.1, 0.15) is 0 Å². The summed E-state index contributed by atoms with van der Waals surface area (Å²) in [4.78, 5) is 14.7. The molecule has 0 spiro atoms. The average molecular weight is 318 g/mol. The number of carbonyl (C=O) groups is 1. The number of carboxylic acid groups (broad SMARTS) is 1. The van der Waals surface area contributed by atoms with Gasteiger partial charge in [-0.3, -0.25) is 4.79 Å². The summed E-state index contributed by atoms with van der Waals surface area (Å²) < 4.78 is 7.44. The predicted octanol–water partition coefficient (Wildman–Crippen LogP) is 2.01. The van der Waals surface area contributed by atoms with E-state index in [0.717, 1.165) is 11.8 Å². The van der Waals surface area contributed by atoms with E-state index in [9.17, 15) is 4.79 Å². The molecule has 0 saturated heterocycles. The van der Waals surface area contributed by atoms with Crippen molar-refractivity contribution in [2.45, 2.75) is 5.16 Å². The van der Waals surface area contributed by atoms with E-state index in [2.05, 4.69) is 26.0 Å². The van der Waals surface area contributed by atoms with Crippen LogP contribution in [-0.2, 0) is 11.8 Å². The predicted molar refractivity (Wildman–Crippen MR) is 64.8 cm³/mol. The summed E-state index contributed by atoms with van der Waals surface area (Å²) in [6, 6.07) is 3.49. The molecule has 0 radical (unpaired) electrons. The fraction of sp³-hybridized carbons (Fsp3) is 0.222. The lowest BCUT2D eigenvalue weighted by Gasteiger charge is -1.94. The Balaban J connectivity index is 2.21. The highest BCUT2D eigenvalue weighted by molar-refractivity contribution is 9.10. The van der Waals surface area contributed by atoms with Crippen LogP contribution in [0.2, 0.25) is 0 Å². The molecule has 90 valence electrons. The smallest absolute Gasteiger partial charge is 0.313 e. The number of thioether (sulfide) groups is 1. The van der Waals surface area contributed by atoms with Gasteiger partial charge in [-0.05, 0) is 28.1 Å². The van der Waals surface area contributed by atoms with Crippen molar-refractivity contribution in [3.05, 3.63) is 16.8 Å². The maximum Gasteiger partial charge on any atom is 0.313 e. The zero-order chi connectivity index (χ0) is 12.4. The van der Waals surface area contributed by atoms with E-state index in [1.807, 2.05) is 0 Å². The van der Waals surface area contributed by atoms with Crippen molar-refractivity contribution in [2.75, 3.05) is 5.75 Å². The van der Waals surface area contributed by atoms with Gasteiger partial charge in [-0.15, -0.1) is 5.10 Å². The topological polar surface area (TPSA) is 81.2 Å². The molecule has 0 aliphatic heterocycles. The minimum atomic E-state index is -0.889. The Morgan fingerprint density at radius 2 is 2.41 bits per heavy atom. The number of carboxylic acids is 1. The molecule has 0 bridgehead atoms. The van der Waals surface area contributed by atoms with Crippen LogP contribution in [0.15, 0.2) is 26.4 Å². The first-order valence-electron chi connectivity index (χ1n) is 4.57. The van der Waals surface area contributed by atoms with Gasteiger partial charge in [0.15, 0.2) is 15.6 Å². The highest BCUT2D eigenvalue weighted by atomic mass is 79.9. The molecule has 0 aliphatic rings. The summed E-state index contributed by atoms with van der Waals surface area (Å²) in [6.07, 6.45) is 0. The van der Waals surface area contributed by atoms with Crippen LogP contribution >= 0.6 is 27.7 Å². The molecule has 0 amide bonds. The molecule has 6 nitrogen and oxygen atoms in total. The molecular formula is C9H8BrN3O3S. The number of aryl methyl sites for hydroxylation is 1. The summed E-state index contributed by atoms with van der Waals surface area (Å²) in [5, 5.41) is 13.3. The van der Waals surface area contributed by atoms with E-state index < -0.39 is 5.97 Å². The Hall–Kier alpha value is -1.28. The molecule has 0 unspecified atom stereocenters. The second kappa shape index (κ2) is 4.92. The van der Waals surface area contributed by atoms with Crippen molar-refractivity contribution in [3.8, 4) is 11.6 Å². The standard InChI is InChI=1S/C9H8BrN3O3S/c1-13-9(17-4-7(14)15)11-8(12-13)5-2-3-6(10)16-5/h2-3H,4H2,1H3,(H,14,15). The Labute approximate surface area is 109 Å². The molecule has 0 atom stereocenters. The van der Waals surface area contributed by atoms with Gasteiger partial charge in [0.25, 0.3) is 0 Å². The van der Waals surface area contributed by atoms with Crippen LogP contribution in [0.4, 0.5) is 0 Å². The first-order chi connectivity index (χ1) is 8.06. The van der Waals surface area contributed by atoms with Crippen molar-refractivity contribution in [3.63, 3.8) is 0 Å². The average Bonchev–Trinajstić information content (AvgIpc) is 2.82. The van der Waals surface area contributed by atoms with E-state index in [4.69, 9.17) is 9.52 Å². The highest BCUT2D eigenvalue weighted by Crippen LogP contribution is 2.24. The Kier molecular flexibility index (Phi) is 3.53. The third kappa shape index (κ3) is 2.89. The van der Waals surface area contributed by atoms with Gasteiger partial charge in [-0.1, -0.05) is 11.8 Å². The summed E-state index contributed by atoms with van der Waals surface area (Å²) in [5.74, 6) is 0.0365. The summed E-state index contributed by atoms with van der Waals surface area (Å²) in [7, 11) is 1.71. The third-order valence-corrected chi connectivity index (χ3v) is 3.27. The quantitative estimate of drug-likeness (QED) is 0.869. The molecule has 8 heteroatoms. The van der Waals surface area contributed by atoms with Gasteiger partial charge in [0.2, 0.25) is 5.82 Å². The number of rotatable bonds is 4. The van der Waals surface area contributed by atoms with Crippen LogP contribution in [0.5, 0.6) is 0 Å². The molecule has 0 saturated carbocycles. The van der Waals surface area contributed by atoms with Gasteiger partial charge in [0.1, 0.15) is 0 Å². The van der Waals surface area contributed by atoms with Crippen molar-refractivity contribution in [2.24, 2.45) is 7.05 Å². The van der Waals surface area contributed by atoms with Crippen LogP contribution in [-0.4, -0.2) is 31.6 Å². The second-order valence-electron chi connectivity index (χ2n) is 3.13. The lowest BCUT2D eigenvalue weighted by Crippen LogP contribution is -2.00. The minimum absolute atomic E-state index is 0.0478. The molecule has 0 aliphatic carbocycles. The second-order valence-corrected chi connectivity index (χ2v) is 4.85. The van der Waals surface area contributed by atoms with Gasteiger partial charge in [-0.2, -0.15) is 4.98 Å². The SMILES string of the molecule is Cn1nc(-c2ccc(Br)o2)nc1SCC(=O)O. The molecule has 2 aromatic heterocycles. The number of aromatic nitrogens is 3. The van der Waals surface area contributed by atoms with E-state index in [0.29, 0.717) is 21.4 Å². The maximum absolute atomic E-state index is 10.5. The van der Waals surface area contributed by atoms with Gasteiger partial charge in [-0.25, -0.2) is 4.68 Å². The van der Waals surface area contributed by atoms with Crippen molar-refractivity contribution in [1.82, 2.24) is 14.8 Å². The third-order valence-electron chi connectivity index (χ3n) is 1.84. The Morgan fingerprint density at radius 1 is 1.65 bits per heavy atom. The maximum atomic E-state index is 10.5. The van der Waals surface area contributed by atoms with Gasteiger partial charge in [0.05, 0.1) is 5.75 Å². The van der Waals surface area contributed by atoms with Gasteiger partial charge in [0, 0.05) is 7.05 Å². The van der Waals surface area contributed by atoms with E-state index in [1.54, 1.807) is 19.2 Å². The summed E-state index contributed by atoms with van der Waals surface area (Å²) in [5.41, 5.74) is 0. The molecule has 0 fully saturated rings. The summed E-state index contributed by atoms with van der Waals surface area (Å²) >= 11 is 4.31. The lowest BCUT2D eigenvalue weighted by molar-refractivity contribution is -0.133. The van der Waals surface area contributed by atoms with Crippen LogP contribution in [0, 0.1) is 0 Å². The fourth-order valence-corrected chi connectivity index (χ4v) is 2.10. The number of furan rings is 1. The van der Waals surface area contributed by atoms with E-state index in [-0.39, 0.29) is 5.75 Å². The van der Waals surface area contributed by atoms with Crippen molar-refractivity contribution >= 4 is 33.7 Å². The van der Waals surface area contributed by atoms with Crippen LogP contribution in [0.25, 0.3) is 11.6 Å². The molecule has 0 aromatic carbocycles. The largest absolute Gasteiger partial charge is 0.481 e. The monoisotopic (exact) mass is 317 g/mol. The van der Waals surface area contributed by atoms with Crippen LogP contribution in [0.3, 0.4) is 0 Å². The number of nitrogens with zero attached hydrogens (tertiary/aromatic N) is 3. The zero-order valence-electron chi connectivity index (χ0n) is 8.75. The molecular weight excluding hydrogens is 310 g/mol. The minimum Gasteiger partial charge on any atom is -0.481 e. The zero-order valence-corrected chi connectivity index (χ0v) is 11.2. The fourth-order valence-electron chi connectivity index (χ4n) is 1.16. The molecule has 1 N–H and O–H groups in total. The molecule has 2 heterocycles. The lowest BCUT2D eigenvalue weighted by atomic mass is 10.4.